The average Bonchev–Trinajstić information content (AvgIpc) is 3.63. The predicted octanol–water partition coefficient (Wildman–Crippen LogP) is 4.96. The number of anilines is 2. The van der Waals surface area contributed by atoms with Crippen LogP contribution in [0.25, 0.3) is 5.13 Å². The highest BCUT2D eigenvalue weighted by Gasteiger charge is 2.42. The summed E-state index contributed by atoms with van der Waals surface area (Å²) in [5, 5.41) is 7.27. The number of nitrogens with zero attached hydrogens (tertiary/aromatic N) is 5. The standard InChI is InChI=1S/C27H28N6OS2/c1-18-17-22(19(2)32(18)27-29-11-16-36-27)25-24(23-5-3-4-10-28-23)30-26(35)33(25)21-8-6-20(7-9-21)31-12-14-34-15-13-31/h3-11,16-17,24-25H,12-15H2,1-2H3,(H,30,35)/t24-,25-/m0/s1. The van der Waals surface area contributed by atoms with Gasteiger partial charge in [-0.05, 0) is 74.1 Å². The first-order chi connectivity index (χ1) is 17.6. The molecule has 2 aliphatic rings. The summed E-state index contributed by atoms with van der Waals surface area (Å²) in [6, 6.07) is 16.9. The number of aromatic nitrogens is 3. The van der Waals surface area contributed by atoms with Gasteiger partial charge in [0.2, 0.25) is 0 Å². The Balaban J connectivity index is 1.43. The van der Waals surface area contributed by atoms with Crippen molar-refractivity contribution in [1.82, 2.24) is 19.9 Å². The van der Waals surface area contributed by atoms with Crippen LogP contribution in [0.5, 0.6) is 0 Å². The highest BCUT2D eigenvalue weighted by atomic mass is 32.1. The van der Waals surface area contributed by atoms with E-state index in [1.165, 1.54) is 11.3 Å². The zero-order valence-electron chi connectivity index (χ0n) is 20.3. The number of rotatable bonds is 5. The first-order valence-corrected chi connectivity index (χ1v) is 13.4. The van der Waals surface area contributed by atoms with E-state index in [1.54, 1.807) is 11.3 Å². The van der Waals surface area contributed by atoms with Crippen LogP contribution in [0.15, 0.2) is 66.3 Å². The number of benzene rings is 1. The normalized spacial score (nSPS) is 20.1. The highest BCUT2D eigenvalue weighted by Crippen LogP contribution is 2.44. The molecule has 3 aromatic heterocycles. The topological polar surface area (TPSA) is 58.5 Å². The molecular weight excluding hydrogens is 488 g/mol. The molecule has 7 nitrogen and oxygen atoms in total. The van der Waals surface area contributed by atoms with Crippen LogP contribution in [-0.2, 0) is 4.74 Å². The first-order valence-electron chi connectivity index (χ1n) is 12.1. The van der Waals surface area contributed by atoms with E-state index < -0.39 is 0 Å². The number of hydrogen-bond acceptors (Lipinski definition) is 6. The summed E-state index contributed by atoms with van der Waals surface area (Å²) < 4.78 is 7.75. The lowest BCUT2D eigenvalue weighted by Gasteiger charge is -2.31. The SMILES string of the molecule is Cc1cc([C@H]2[C@H](c3ccccn3)NC(=S)N2c2ccc(N3CCOCC3)cc2)c(C)n1-c1nccs1. The second-order valence-corrected chi connectivity index (χ2v) is 10.3. The molecule has 6 rings (SSSR count). The van der Waals surface area contributed by atoms with E-state index in [0.717, 1.165) is 54.2 Å². The summed E-state index contributed by atoms with van der Waals surface area (Å²) in [6.07, 6.45) is 3.69. The van der Waals surface area contributed by atoms with Crippen LogP contribution in [0.2, 0.25) is 0 Å². The quantitative estimate of drug-likeness (QED) is 0.376. The maximum Gasteiger partial charge on any atom is 0.193 e. The van der Waals surface area contributed by atoms with Crippen molar-refractivity contribution in [2.45, 2.75) is 25.9 Å². The molecule has 36 heavy (non-hydrogen) atoms. The van der Waals surface area contributed by atoms with Gasteiger partial charge < -0.3 is 19.9 Å². The first kappa shape index (κ1) is 23.1. The second kappa shape index (κ2) is 9.65. The molecule has 2 atom stereocenters. The Morgan fingerprint density at radius 1 is 1.00 bits per heavy atom. The predicted molar refractivity (Wildman–Crippen MR) is 148 cm³/mol. The van der Waals surface area contributed by atoms with Gasteiger partial charge in [-0.15, -0.1) is 11.3 Å². The number of morpholine rings is 1. The Morgan fingerprint density at radius 3 is 2.47 bits per heavy atom. The van der Waals surface area contributed by atoms with E-state index in [4.69, 9.17) is 21.9 Å². The zero-order chi connectivity index (χ0) is 24.6. The summed E-state index contributed by atoms with van der Waals surface area (Å²) in [7, 11) is 0. The van der Waals surface area contributed by atoms with Gasteiger partial charge >= 0.3 is 0 Å². The number of nitrogens with one attached hydrogen (secondary N) is 1. The number of aryl methyl sites for hydroxylation is 1. The third-order valence-electron chi connectivity index (χ3n) is 7.00. The fourth-order valence-corrected chi connectivity index (χ4v) is 6.40. The van der Waals surface area contributed by atoms with Crippen LogP contribution in [0.4, 0.5) is 11.4 Å². The summed E-state index contributed by atoms with van der Waals surface area (Å²) in [4.78, 5) is 13.9. The number of thiocarbonyl (C=S) groups is 1. The molecule has 1 aromatic carbocycles. The molecule has 2 saturated heterocycles. The fourth-order valence-electron chi connectivity index (χ4n) is 5.30. The Kier molecular flexibility index (Phi) is 6.20. The number of ether oxygens (including phenoxy) is 1. The van der Waals surface area contributed by atoms with Gasteiger partial charge in [0.05, 0.1) is 31.0 Å². The van der Waals surface area contributed by atoms with Gasteiger partial charge in [-0.25, -0.2) is 4.98 Å². The third kappa shape index (κ3) is 4.07. The van der Waals surface area contributed by atoms with Crippen LogP contribution in [-0.4, -0.2) is 46.0 Å². The molecule has 0 amide bonds. The van der Waals surface area contributed by atoms with Crippen molar-refractivity contribution in [2.24, 2.45) is 0 Å². The number of hydrogen-bond donors (Lipinski definition) is 1. The molecule has 0 bridgehead atoms. The summed E-state index contributed by atoms with van der Waals surface area (Å²) >= 11 is 7.58. The van der Waals surface area contributed by atoms with Gasteiger partial charge in [0.25, 0.3) is 0 Å². The van der Waals surface area contributed by atoms with Gasteiger partial charge in [-0.2, -0.15) is 0 Å². The molecule has 2 fully saturated rings. The summed E-state index contributed by atoms with van der Waals surface area (Å²) in [5.41, 5.74) is 6.76. The van der Waals surface area contributed by atoms with Gasteiger partial charge in [-0.3, -0.25) is 9.55 Å². The molecule has 0 spiro atoms. The van der Waals surface area contributed by atoms with E-state index in [1.807, 2.05) is 29.9 Å². The lowest BCUT2D eigenvalue weighted by Crippen LogP contribution is -2.36. The van der Waals surface area contributed by atoms with Crippen LogP contribution in [0, 0.1) is 13.8 Å². The number of pyridine rings is 1. The van der Waals surface area contributed by atoms with Crippen molar-refractivity contribution < 1.29 is 4.74 Å². The van der Waals surface area contributed by atoms with E-state index in [2.05, 4.69) is 74.9 Å². The van der Waals surface area contributed by atoms with Crippen LogP contribution in [0.3, 0.4) is 0 Å². The minimum absolute atomic E-state index is 0.0541. The van der Waals surface area contributed by atoms with Crippen molar-refractivity contribution in [1.29, 1.82) is 0 Å². The number of thiazole rings is 1. The van der Waals surface area contributed by atoms with Crippen molar-refractivity contribution in [3.05, 3.63) is 88.9 Å². The maximum absolute atomic E-state index is 5.94. The monoisotopic (exact) mass is 516 g/mol. The minimum Gasteiger partial charge on any atom is -0.378 e. The van der Waals surface area contributed by atoms with E-state index in [9.17, 15) is 0 Å². The third-order valence-corrected chi connectivity index (χ3v) is 8.07. The van der Waals surface area contributed by atoms with E-state index in [0.29, 0.717) is 5.11 Å². The van der Waals surface area contributed by atoms with Crippen molar-refractivity contribution >= 4 is 40.0 Å². The van der Waals surface area contributed by atoms with Crippen LogP contribution < -0.4 is 15.1 Å². The molecule has 4 aromatic rings. The van der Waals surface area contributed by atoms with Gasteiger partial charge in [0.1, 0.15) is 0 Å². The molecule has 0 unspecified atom stereocenters. The average molecular weight is 517 g/mol. The largest absolute Gasteiger partial charge is 0.378 e. The van der Waals surface area contributed by atoms with Gasteiger partial charge in [-0.1, -0.05) is 6.07 Å². The Bertz CT molecular complexity index is 1350. The van der Waals surface area contributed by atoms with Gasteiger partial charge in [0.15, 0.2) is 10.2 Å². The highest BCUT2D eigenvalue weighted by molar-refractivity contribution is 7.80. The summed E-state index contributed by atoms with van der Waals surface area (Å²) in [5.74, 6) is 0. The fraction of sp³-hybridized carbons (Fsp3) is 0.296. The van der Waals surface area contributed by atoms with E-state index in [-0.39, 0.29) is 12.1 Å². The minimum atomic E-state index is -0.0807. The lowest BCUT2D eigenvalue weighted by molar-refractivity contribution is 0.122. The van der Waals surface area contributed by atoms with Crippen LogP contribution >= 0.6 is 23.6 Å². The smallest absolute Gasteiger partial charge is 0.193 e. The second-order valence-electron chi connectivity index (χ2n) is 9.09. The van der Waals surface area contributed by atoms with Crippen LogP contribution in [0.1, 0.15) is 34.7 Å². The van der Waals surface area contributed by atoms with Gasteiger partial charge in [0, 0.05) is 53.6 Å². The Labute approximate surface area is 220 Å². The summed E-state index contributed by atoms with van der Waals surface area (Å²) in [6.45, 7) is 7.66. The molecule has 2 aliphatic heterocycles. The van der Waals surface area contributed by atoms with Crippen molar-refractivity contribution in [2.75, 3.05) is 36.1 Å². The molecule has 9 heteroatoms. The Hall–Kier alpha value is -3.27. The molecule has 184 valence electrons. The lowest BCUT2D eigenvalue weighted by atomic mass is 9.96. The van der Waals surface area contributed by atoms with E-state index >= 15 is 0 Å². The molecule has 5 heterocycles. The van der Waals surface area contributed by atoms with Crippen molar-refractivity contribution in [3.63, 3.8) is 0 Å². The molecular formula is C27H28N6OS2. The molecule has 0 radical (unpaired) electrons. The molecule has 0 saturated carbocycles. The Morgan fingerprint density at radius 2 is 1.78 bits per heavy atom. The van der Waals surface area contributed by atoms with Crippen molar-refractivity contribution in [3.8, 4) is 5.13 Å². The zero-order valence-corrected chi connectivity index (χ0v) is 21.9. The molecule has 1 N–H and O–H groups in total. The maximum atomic E-state index is 5.94. The molecule has 0 aliphatic carbocycles.